The van der Waals surface area contributed by atoms with Gasteiger partial charge < -0.3 is 13.7 Å². The minimum absolute atomic E-state index is 0.219. The molecule has 306 valence electrons. The molecule has 12 aromatic rings. The Kier molecular flexibility index (Phi) is 8.41. The minimum atomic E-state index is -0.222. The molecule has 0 unspecified atom stereocenters. The number of hydrogen-bond acceptors (Lipinski definition) is 4. The van der Waals surface area contributed by atoms with Crippen LogP contribution in [0.4, 0.5) is 17.1 Å². The molecule has 0 N–H and O–H groups in total. The molecule has 0 atom stereocenters. The number of fused-ring (bicyclic) bond motifs is 12. The number of para-hydroxylation sites is 3. The SMILES string of the molecule is c1ccc(-c2cccc(-c3ccc(B4c5oc6ccccc6c5B(c5ccc(N6c7ccccc7Sc7ccccc76)cc5)c5oc6ccc7c8ccccc8ccc7c6c54)cc3)c2)cc1. The average Bonchev–Trinajstić information content (AvgIpc) is 3.97. The number of hydrogen-bond donors (Lipinski definition) is 0. The summed E-state index contributed by atoms with van der Waals surface area (Å²) in [6.07, 6.45) is 0. The molecule has 4 heterocycles. The second kappa shape index (κ2) is 14.8. The van der Waals surface area contributed by atoms with Crippen molar-refractivity contribution < 1.29 is 8.83 Å². The van der Waals surface area contributed by atoms with Crippen LogP contribution < -0.4 is 38.1 Å². The summed E-state index contributed by atoms with van der Waals surface area (Å²) in [6, 6.07) is 81.3. The van der Waals surface area contributed by atoms with E-state index in [1.807, 2.05) is 11.8 Å². The highest BCUT2D eigenvalue weighted by Gasteiger charge is 2.47. The van der Waals surface area contributed by atoms with Gasteiger partial charge in [0.15, 0.2) is 0 Å². The Morgan fingerprint density at radius 2 is 0.924 bits per heavy atom. The van der Waals surface area contributed by atoms with Gasteiger partial charge in [0.25, 0.3) is 13.4 Å². The van der Waals surface area contributed by atoms with Gasteiger partial charge in [-0.3, -0.25) is 0 Å². The number of nitrogens with zero attached hydrogens (tertiary/aromatic N) is 1. The van der Waals surface area contributed by atoms with Crippen molar-refractivity contribution in [1.82, 2.24) is 0 Å². The Labute approximate surface area is 387 Å². The Morgan fingerprint density at radius 3 is 1.68 bits per heavy atom. The summed E-state index contributed by atoms with van der Waals surface area (Å²) in [7, 11) is 0. The van der Waals surface area contributed by atoms with Crippen LogP contribution in [0, 0.1) is 0 Å². The van der Waals surface area contributed by atoms with Crippen LogP contribution in [0.5, 0.6) is 0 Å². The van der Waals surface area contributed by atoms with Crippen LogP contribution in [0.25, 0.3) is 65.7 Å². The van der Waals surface area contributed by atoms with Crippen LogP contribution in [0.3, 0.4) is 0 Å². The van der Waals surface area contributed by atoms with E-state index in [0.717, 1.165) is 55.3 Å². The molecule has 10 aromatic carbocycles. The van der Waals surface area contributed by atoms with Gasteiger partial charge in [-0.25, -0.2) is 0 Å². The first-order valence-electron chi connectivity index (χ1n) is 22.6. The second-order valence-corrected chi connectivity index (χ2v) is 18.6. The van der Waals surface area contributed by atoms with Gasteiger partial charge in [0.2, 0.25) is 0 Å². The summed E-state index contributed by atoms with van der Waals surface area (Å²) in [5.74, 6) is 0. The highest BCUT2D eigenvalue weighted by atomic mass is 32.2. The normalized spacial score (nSPS) is 13.0. The summed E-state index contributed by atoms with van der Waals surface area (Å²) >= 11 is 1.83. The lowest BCUT2D eigenvalue weighted by molar-refractivity contribution is 0.647. The third-order valence-corrected chi connectivity index (χ3v) is 15.0. The molecule has 6 heteroatoms. The van der Waals surface area contributed by atoms with E-state index in [9.17, 15) is 0 Å². The van der Waals surface area contributed by atoms with Crippen molar-refractivity contribution >= 4 is 119 Å². The van der Waals surface area contributed by atoms with Gasteiger partial charge >= 0.3 is 0 Å². The van der Waals surface area contributed by atoms with Crippen LogP contribution in [0.2, 0.25) is 0 Å². The van der Waals surface area contributed by atoms with Gasteiger partial charge in [-0.05, 0) is 109 Å². The summed E-state index contributed by atoms with van der Waals surface area (Å²) in [4.78, 5) is 4.88. The standard InChI is InChI=1S/C60H37B2NO2S/c1-2-13-38(14-3-1)41-16-12-17-42(37-41)39-25-28-43(29-26-39)62-58-56-48-34-27-40-15-4-5-18-46(40)47(48)35-36-53(56)65-60(58)61(57-49-19-6-9-22-52(49)64-59(57)62)44-30-32-45(33-31-44)63-50-20-7-10-23-54(50)66-55-24-11-8-21-51(55)63/h1-37H. The van der Waals surface area contributed by atoms with Crippen LogP contribution in [-0.2, 0) is 0 Å². The zero-order valence-corrected chi connectivity index (χ0v) is 36.5. The molecule has 2 aromatic heterocycles. The van der Waals surface area contributed by atoms with Crippen LogP contribution in [0.15, 0.2) is 243 Å². The van der Waals surface area contributed by atoms with E-state index in [1.54, 1.807) is 0 Å². The summed E-state index contributed by atoms with van der Waals surface area (Å²) < 4.78 is 14.5. The van der Waals surface area contributed by atoms with Gasteiger partial charge in [0, 0.05) is 26.3 Å². The molecule has 14 rings (SSSR count). The lowest BCUT2D eigenvalue weighted by Crippen LogP contribution is -2.73. The molecule has 66 heavy (non-hydrogen) atoms. The fourth-order valence-electron chi connectivity index (χ4n) is 10.9. The van der Waals surface area contributed by atoms with Gasteiger partial charge in [-0.15, -0.1) is 0 Å². The third kappa shape index (κ3) is 5.75. The largest absolute Gasteiger partial charge is 0.471 e. The number of anilines is 3. The first-order valence-corrected chi connectivity index (χ1v) is 23.4. The van der Waals surface area contributed by atoms with Crippen molar-refractivity contribution in [3.63, 3.8) is 0 Å². The molecule has 0 spiro atoms. The minimum Gasteiger partial charge on any atom is -0.471 e. The number of rotatable bonds is 5. The Hall–Kier alpha value is -7.92. The molecule has 0 aliphatic carbocycles. The number of furan rings is 2. The van der Waals surface area contributed by atoms with Crippen molar-refractivity contribution in [2.24, 2.45) is 0 Å². The van der Waals surface area contributed by atoms with Gasteiger partial charge in [-0.1, -0.05) is 193 Å². The van der Waals surface area contributed by atoms with E-state index in [0.29, 0.717) is 0 Å². The molecule has 2 aliphatic heterocycles. The molecule has 3 nitrogen and oxygen atoms in total. The predicted octanol–water partition coefficient (Wildman–Crippen LogP) is 12.1. The maximum absolute atomic E-state index is 7.34. The molecule has 0 radical (unpaired) electrons. The molecule has 0 bridgehead atoms. The Morgan fingerprint density at radius 1 is 0.364 bits per heavy atom. The molecule has 0 saturated carbocycles. The second-order valence-electron chi connectivity index (χ2n) is 17.5. The molecular formula is C60H37B2NO2S. The van der Waals surface area contributed by atoms with E-state index in [-0.39, 0.29) is 13.4 Å². The number of benzene rings is 10. The predicted molar refractivity (Wildman–Crippen MR) is 279 cm³/mol. The third-order valence-electron chi connectivity index (χ3n) is 13.9. The van der Waals surface area contributed by atoms with Crippen LogP contribution >= 0.6 is 11.8 Å². The van der Waals surface area contributed by atoms with Crippen molar-refractivity contribution in [2.45, 2.75) is 9.79 Å². The molecule has 0 saturated heterocycles. The highest BCUT2D eigenvalue weighted by molar-refractivity contribution is 7.99. The zero-order chi connectivity index (χ0) is 43.3. The average molecular weight is 858 g/mol. The molecule has 0 amide bonds. The fourth-order valence-corrected chi connectivity index (χ4v) is 12.0. The monoisotopic (exact) mass is 857 g/mol. The van der Waals surface area contributed by atoms with E-state index >= 15 is 0 Å². The molecule has 2 aliphatic rings. The highest BCUT2D eigenvalue weighted by Crippen LogP contribution is 2.51. The summed E-state index contributed by atoms with van der Waals surface area (Å²) in [6.45, 7) is -0.442. The van der Waals surface area contributed by atoms with Crippen molar-refractivity contribution in [3.8, 4) is 22.3 Å². The van der Waals surface area contributed by atoms with E-state index in [2.05, 4.69) is 229 Å². The van der Waals surface area contributed by atoms with E-state index in [4.69, 9.17) is 8.83 Å². The lowest BCUT2D eigenvalue weighted by Gasteiger charge is -2.33. The zero-order valence-electron chi connectivity index (χ0n) is 35.7. The Balaban J connectivity index is 0.977. The Bertz CT molecular complexity index is 3830. The van der Waals surface area contributed by atoms with Gasteiger partial charge in [-0.2, -0.15) is 0 Å². The first-order chi connectivity index (χ1) is 32.7. The van der Waals surface area contributed by atoms with Gasteiger partial charge in [0.05, 0.1) is 22.7 Å². The lowest BCUT2D eigenvalue weighted by atomic mass is 9.24. The first kappa shape index (κ1) is 37.5. The van der Waals surface area contributed by atoms with E-state index in [1.165, 1.54) is 70.4 Å². The van der Waals surface area contributed by atoms with E-state index < -0.39 is 0 Å². The summed E-state index contributed by atoms with van der Waals surface area (Å²) in [5.41, 5.74) is 16.6. The molecule has 0 fully saturated rings. The molecular weight excluding hydrogens is 820 g/mol. The smallest absolute Gasteiger partial charge is 0.290 e. The van der Waals surface area contributed by atoms with Crippen LogP contribution in [-0.4, -0.2) is 13.4 Å². The van der Waals surface area contributed by atoms with Crippen molar-refractivity contribution in [2.75, 3.05) is 4.90 Å². The van der Waals surface area contributed by atoms with Gasteiger partial charge in [0.1, 0.15) is 11.2 Å². The quantitative estimate of drug-likeness (QED) is 0.127. The maximum atomic E-state index is 7.34. The topological polar surface area (TPSA) is 29.5 Å². The van der Waals surface area contributed by atoms with Crippen LogP contribution in [0.1, 0.15) is 0 Å². The fraction of sp³-hybridized carbons (Fsp3) is 0. The van der Waals surface area contributed by atoms with Crippen molar-refractivity contribution in [3.05, 3.63) is 224 Å². The maximum Gasteiger partial charge on any atom is 0.290 e. The van der Waals surface area contributed by atoms with Crippen molar-refractivity contribution in [1.29, 1.82) is 0 Å². The summed E-state index contributed by atoms with van der Waals surface area (Å²) in [5, 5.41) is 7.11.